The van der Waals surface area contributed by atoms with Crippen molar-refractivity contribution in [2.45, 2.75) is 13.5 Å². The van der Waals surface area contributed by atoms with E-state index < -0.39 is 5.82 Å². The number of hydrogen-bond acceptors (Lipinski definition) is 3. The monoisotopic (exact) mass is 335 g/mol. The van der Waals surface area contributed by atoms with E-state index in [0.29, 0.717) is 12.2 Å². The second-order valence-corrected chi connectivity index (χ2v) is 5.25. The maximum atomic E-state index is 13.2. The SMILES string of the molecule is CC(=O)N(CC(=O)NCc1cccnc1)c1ccc(F)c(Cl)c1. The molecule has 0 aliphatic rings. The molecule has 0 aliphatic heterocycles. The highest BCUT2D eigenvalue weighted by Gasteiger charge is 2.17. The van der Waals surface area contributed by atoms with Crippen molar-refractivity contribution in [2.75, 3.05) is 11.4 Å². The maximum Gasteiger partial charge on any atom is 0.240 e. The molecule has 0 aliphatic carbocycles. The molecule has 0 saturated heterocycles. The van der Waals surface area contributed by atoms with E-state index in [1.807, 2.05) is 6.07 Å². The largest absolute Gasteiger partial charge is 0.350 e. The van der Waals surface area contributed by atoms with E-state index in [9.17, 15) is 14.0 Å². The fourth-order valence-corrected chi connectivity index (χ4v) is 2.11. The smallest absolute Gasteiger partial charge is 0.240 e. The van der Waals surface area contributed by atoms with Crippen molar-refractivity contribution < 1.29 is 14.0 Å². The van der Waals surface area contributed by atoms with Crippen LogP contribution in [-0.4, -0.2) is 23.3 Å². The normalized spacial score (nSPS) is 10.2. The molecular weight excluding hydrogens is 321 g/mol. The Morgan fingerprint density at radius 1 is 1.35 bits per heavy atom. The second kappa shape index (κ2) is 7.69. The van der Waals surface area contributed by atoms with E-state index in [0.717, 1.165) is 11.6 Å². The lowest BCUT2D eigenvalue weighted by Gasteiger charge is -2.21. The van der Waals surface area contributed by atoms with E-state index in [4.69, 9.17) is 11.6 Å². The predicted molar refractivity (Wildman–Crippen MR) is 85.5 cm³/mol. The van der Waals surface area contributed by atoms with E-state index in [1.165, 1.54) is 24.0 Å². The first kappa shape index (κ1) is 16.9. The van der Waals surface area contributed by atoms with Crippen LogP contribution in [-0.2, 0) is 16.1 Å². The van der Waals surface area contributed by atoms with Crippen molar-refractivity contribution in [3.8, 4) is 0 Å². The first-order valence-corrected chi connectivity index (χ1v) is 7.24. The lowest BCUT2D eigenvalue weighted by atomic mass is 10.2. The molecule has 0 saturated carbocycles. The molecule has 0 radical (unpaired) electrons. The Morgan fingerprint density at radius 2 is 2.13 bits per heavy atom. The van der Waals surface area contributed by atoms with Crippen molar-refractivity contribution in [3.63, 3.8) is 0 Å². The van der Waals surface area contributed by atoms with Gasteiger partial charge in [-0.15, -0.1) is 0 Å². The van der Waals surface area contributed by atoms with Crippen LogP contribution < -0.4 is 10.2 Å². The van der Waals surface area contributed by atoms with Gasteiger partial charge in [0.15, 0.2) is 0 Å². The Bertz CT molecular complexity index is 710. The van der Waals surface area contributed by atoms with Gasteiger partial charge in [-0.3, -0.25) is 14.6 Å². The number of carbonyl (C=O) groups excluding carboxylic acids is 2. The van der Waals surface area contributed by atoms with E-state index in [1.54, 1.807) is 18.5 Å². The molecule has 0 spiro atoms. The molecule has 0 fully saturated rings. The van der Waals surface area contributed by atoms with Crippen LogP contribution in [0.4, 0.5) is 10.1 Å². The topological polar surface area (TPSA) is 62.3 Å². The zero-order valence-electron chi connectivity index (χ0n) is 12.4. The van der Waals surface area contributed by atoms with Gasteiger partial charge in [-0.25, -0.2) is 4.39 Å². The Morgan fingerprint density at radius 3 is 2.74 bits per heavy atom. The molecule has 23 heavy (non-hydrogen) atoms. The van der Waals surface area contributed by atoms with Crippen molar-refractivity contribution in [3.05, 3.63) is 59.1 Å². The van der Waals surface area contributed by atoms with Gasteiger partial charge in [0.25, 0.3) is 0 Å². The summed E-state index contributed by atoms with van der Waals surface area (Å²) in [6, 6.07) is 7.46. The summed E-state index contributed by atoms with van der Waals surface area (Å²) in [6.07, 6.45) is 3.28. The van der Waals surface area contributed by atoms with Crippen LogP contribution in [0.2, 0.25) is 5.02 Å². The fourth-order valence-electron chi connectivity index (χ4n) is 1.94. The summed E-state index contributed by atoms with van der Waals surface area (Å²) in [4.78, 5) is 29.0. The van der Waals surface area contributed by atoms with Gasteiger partial charge in [-0.1, -0.05) is 17.7 Å². The number of halogens is 2. The molecule has 2 aromatic rings. The molecule has 0 atom stereocenters. The van der Waals surface area contributed by atoms with Crippen LogP contribution in [0.5, 0.6) is 0 Å². The van der Waals surface area contributed by atoms with Crippen molar-refractivity contribution in [1.29, 1.82) is 0 Å². The lowest BCUT2D eigenvalue weighted by molar-refractivity contribution is -0.123. The number of benzene rings is 1. The van der Waals surface area contributed by atoms with Gasteiger partial charge in [-0.2, -0.15) is 0 Å². The van der Waals surface area contributed by atoms with Gasteiger partial charge >= 0.3 is 0 Å². The molecule has 1 aromatic carbocycles. The number of pyridine rings is 1. The highest BCUT2D eigenvalue weighted by Crippen LogP contribution is 2.22. The number of anilines is 1. The van der Waals surface area contributed by atoms with Gasteiger partial charge in [-0.05, 0) is 29.8 Å². The van der Waals surface area contributed by atoms with Gasteiger partial charge in [0.05, 0.1) is 5.02 Å². The lowest BCUT2D eigenvalue weighted by Crippen LogP contribution is -2.39. The minimum Gasteiger partial charge on any atom is -0.350 e. The number of carbonyl (C=O) groups is 2. The fraction of sp³-hybridized carbons (Fsp3) is 0.188. The molecule has 0 bridgehead atoms. The van der Waals surface area contributed by atoms with Gasteiger partial charge in [0.1, 0.15) is 12.4 Å². The van der Waals surface area contributed by atoms with Crippen molar-refractivity contribution in [1.82, 2.24) is 10.3 Å². The van der Waals surface area contributed by atoms with Gasteiger partial charge < -0.3 is 10.2 Å². The van der Waals surface area contributed by atoms with Crippen LogP contribution in [0.3, 0.4) is 0 Å². The highest BCUT2D eigenvalue weighted by molar-refractivity contribution is 6.31. The quantitative estimate of drug-likeness (QED) is 0.913. The molecule has 1 N–H and O–H groups in total. The summed E-state index contributed by atoms with van der Waals surface area (Å²) in [7, 11) is 0. The van der Waals surface area contributed by atoms with E-state index >= 15 is 0 Å². The van der Waals surface area contributed by atoms with Gasteiger partial charge in [0.2, 0.25) is 11.8 Å². The Labute approximate surface area is 138 Å². The first-order chi connectivity index (χ1) is 11.0. The number of hydrogen-bond donors (Lipinski definition) is 1. The van der Waals surface area contributed by atoms with Crippen LogP contribution in [0.1, 0.15) is 12.5 Å². The zero-order valence-corrected chi connectivity index (χ0v) is 13.2. The summed E-state index contributed by atoms with van der Waals surface area (Å²) in [5.41, 5.74) is 1.21. The van der Waals surface area contributed by atoms with Crippen LogP contribution in [0, 0.1) is 5.82 Å². The summed E-state index contributed by atoms with van der Waals surface area (Å²) in [5, 5.41) is 2.59. The Hall–Kier alpha value is -2.47. The van der Waals surface area contributed by atoms with Crippen LogP contribution in [0.25, 0.3) is 0 Å². The minimum atomic E-state index is -0.583. The Balaban J connectivity index is 2.02. The number of rotatable bonds is 5. The summed E-state index contributed by atoms with van der Waals surface area (Å²) in [6.45, 7) is 1.45. The molecule has 1 heterocycles. The number of aromatic nitrogens is 1. The molecule has 0 unspecified atom stereocenters. The average molecular weight is 336 g/mol. The first-order valence-electron chi connectivity index (χ1n) is 6.86. The van der Waals surface area contributed by atoms with E-state index in [-0.39, 0.29) is 23.4 Å². The van der Waals surface area contributed by atoms with Gasteiger partial charge in [0, 0.05) is 31.5 Å². The molecule has 1 aromatic heterocycles. The maximum absolute atomic E-state index is 13.2. The number of nitrogens with zero attached hydrogens (tertiary/aromatic N) is 2. The van der Waals surface area contributed by atoms with Crippen molar-refractivity contribution >= 4 is 29.1 Å². The number of amides is 2. The number of nitrogens with one attached hydrogen (secondary N) is 1. The average Bonchev–Trinajstić information content (AvgIpc) is 2.54. The second-order valence-electron chi connectivity index (χ2n) is 4.84. The summed E-state index contributed by atoms with van der Waals surface area (Å²) < 4.78 is 13.2. The molecule has 5 nitrogen and oxygen atoms in total. The zero-order chi connectivity index (χ0) is 16.8. The van der Waals surface area contributed by atoms with Crippen molar-refractivity contribution in [2.24, 2.45) is 0 Å². The third-order valence-electron chi connectivity index (χ3n) is 3.11. The third kappa shape index (κ3) is 4.75. The van der Waals surface area contributed by atoms with Crippen LogP contribution in [0.15, 0.2) is 42.7 Å². The molecule has 2 amide bonds. The third-order valence-corrected chi connectivity index (χ3v) is 3.40. The van der Waals surface area contributed by atoms with E-state index in [2.05, 4.69) is 10.3 Å². The highest BCUT2D eigenvalue weighted by atomic mass is 35.5. The molecule has 120 valence electrons. The molecule has 2 rings (SSSR count). The van der Waals surface area contributed by atoms with Crippen LogP contribution >= 0.6 is 11.6 Å². The molecular formula is C16H15ClFN3O2. The Kier molecular flexibility index (Phi) is 5.65. The minimum absolute atomic E-state index is 0.107. The standard InChI is InChI=1S/C16H15ClFN3O2/c1-11(22)21(13-4-5-15(18)14(17)7-13)10-16(23)20-9-12-3-2-6-19-8-12/h2-8H,9-10H2,1H3,(H,20,23). The summed E-state index contributed by atoms with van der Waals surface area (Å²) in [5.74, 6) is -1.27. The molecule has 7 heteroatoms. The predicted octanol–water partition coefficient (Wildman–Crippen LogP) is 2.54. The summed E-state index contributed by atoms with van der Waals surface area (Å²) >= 11 is 5.72.